The molecule has 0 spiro atoms. The van der Waals surface area contributed by atoms with Crippen LogP contribution < -0.4 is 11.1 Å². The van der Waals surface area contributed by atoms with Gasteiger partial charge in [0.2, 0.25) is 0 Å². The number of nitrogens with one attached hydrogen (secondary N) is 1. The molecule has 3 nitrogen and oxygen atoms in total. The summed E-state index contributed by atoms with van der Waals surface area (Å²) in [5.41, 5.74) is 8.61. The van der Waals surface area contributed by atoms with Crippen molar-refractivity contribution in [3.05, 3.63) is 58.6 Å². The number of benzene rings is 2. The van der Waals surface area contributed by atoms with E-state index < -0.39 is 0 Å². The molecule has 3 N–H and O–H groups in total. The smallest absolute Gasteiger partial charge is 0.255 e. The lowest BCUT2D eigenvalue weighted by atomic mass is 10.1. The van der Waals surface area contributed by atoms with E-state index in [1.54, 1.807) is 30.3 Å². The summed E-state index contributed by atoms with van der Waals surface area (Å²) in [7, 11) is 0. The Kier molecular flexibility index (Phi) is 4.07. The molecular formula is C15H15ClN2O. The minimum absolute atomic E-state index is 0.184. The Labute approximate surface area is 117 Å². The summed E-state index contributed by atoms with van der Waals surface area (Å²) in [4.78, 5) is 12.1. The molecule has 2 rings (SSSR count). The molecule has 0 aromatic heterocycles. The van der Waals surface area contributed by atoms with Crippen LogP contribution in [0, 0.1) is 0 Å². The summed E-state index contributed by atoms with van der Waals surface area (Å²) in [5.74, 6) is -0.184. The van der Waals surface area contributed by atoms with E-state index >= 15 is 0 Å². The Bertz CT molecular complexity index is 594. The molecule has 2 aromatic carbocycles. The van der Waals surface area contributed by atoms with Gasteiger partial charge in [-0.3, -0.25) is 4.79 Å². The number of hydrogen-bond acceptors (Lipinski definition) is 2. The minimum atomic E-state index is -0.184. The van der Waals surface area contributed by atoms with E-state index in [1.165, 1.54) is 5.56 Å². The standard InChI is InChI=1S/C15H15ClN2O/c1-2-10-3-5-11(6-4-10)15(19)18-14-8-7-12(16)9-13(14)17/h3-9H,2,17H2,1H3,(H,18,19). The number of amides is 1. The molecule has 0 heterocycles. The number of aryl methyl sites for hydroxylation is 1. The Morgan fingerprint density at radius 3 is 2.47 bits per heavy atom. The fourth-order valence-electron chi connectivity index (χ4n) is 1.73. The normalized spacial score (nSPS) is 10.2. The second-order valence-electron chi connectivity index (χ2n) is 4.24. The van der Waals surface area contributed by atoms with Crippen LogP contribution in [0.5, 0.6) is 0 Å². The van der Waals surface area contributed by atoms with Gasteiger partial charge < -0.3 is 11.1 Å². The maximum atomic E-state index is 12.1. The maximum Gasteiger partial charge on any atom is 0.255 e. The van der Waals surface area contributed by atoms with Crippen LogP contribution in [0.2, 0.25) is 5.02 Å². The topological polar surface area (TPSA) is 55.1 Å². The average Bonchev–Trinajstić information content (AvgIpc) is 2.42. The summed E-state index contributed by atoms with van der Waals surface area (Å²) >= 11 is 5.81. The number of anilines is 2. The van der Waals surface area contributed by atoms with Gasteiger partial charge in [-0.2, -0.15) is 0 Å². The van der Waals surface area contributed by atoms with E-state index in [2.05, 4.69) is 12.2 Å². The third-order valence-corrected chi connectivity index (χ3v) is 3.12. The van der Waals surface area contributed by atoms with Gasteiger partial charge in [0, 0.05) is 10.6 Å². The first-order chi connectivity index (χ1) is 9.10. The fraction of sp³-hybridized carbons (Fsp3) is 0.133. The molecule has 2 aromatic rings. The van der Waals surface area contributed by atoms with Gasteiger partial charge in [-0.15, -0.1) is 0 Å². The second-order valence-corrected chi connectivity index (χ2v) is 4.67. The van der Waals surface area contributed by atoms with Crippen molar-refractivity contribution < 1.29 is 4.79 Å². The van der Waals surface area contributed by atoms with E-state index in [0.717, 1.165) is 6.42 Å². The lowest BCUT2D eigenvalue weighted by molar-refractivity contribution is 0.102. The molecule has 0 aliphatic carbocycles. The lowest BCUT2D eigenvalue weighted by Crippen LogP contribution is -2.13. The summed E-state index contributed by atoms with van der Waals surface area (Å²) in [6.45, 7) is 2.07. The number of carbonyl (C=O) groups is 1. The van der Waals surface area contributed by atoms with E-state index in [0.29, 0.717) is 22.0 Å². The lowest BCUT2D eigenvalue weighted by Gasteiger charge is -2.08. The third-order valence-electron chi connectivity index (χ3n) is 2.89. The molecule has 0 radical (unpaired) electrons. The summed E-state index contributed by atoms with van der Waals surface area (Å²) in [6.07, 6.45) is 0.950. The van der Waals surface area contributed by atoms with Crippen molar-refractivity contribution in [2.45, 2.75) is 13.3 Å². The first-order valence-corrected chi connectivity index (χ1v) is 6.43. The number of nitrogen functional groups attached to an aromatic ring is 1. The number of carbonyl (C=O) groups excluding carboxylic acids is 1. The second kappa shape index (κ2) is 5.76. The number of rotatable bonds is 3. The Morgan fingerprint density at radius 1 is 1.21 bits per heavy atom. The predicted molar refractivity (Wildman–Crippen MR) is 79.6 cm³/mol. The first kappa shape index (κ1) is 13.4. The molecule has 4 heteroatoms. The molecule has 0 atom stereocenters. The van der Waals surface area contributed by atoms with Gasteiger partial charge in [0.25, 0.3) is 5.91 Å². The summed E-state index contributed by atoms with van der Waals surface area (Å²) in [5, 5.41) is 3.31. The molecule has 1 amide bonds. The number of halogens is 1. The van der Waals surface area contributed by atoms with Crippen molar-refractivity contribution >= 4 is 28.9 Å². The highest BCUT2D eigenvalue weighted by Crippen LogP contribution is 2.23. The van der Waals surface area contributed by atoms with Crippen LogP contribution in [0.3, 0.4) is 0 Å². The Morgan fingerprint density at radius 2 is 1.89 bits per heavy atom. The summed E-state index contributed by atoms with van der Waals surface area (Å²) in [6, 6.07) is 12.5. The van der Waals surface area contributed by atoms with Crippen LogP contribution in [0.15, 0.2) is 42.5 Å². The van der Waals surface area contributed by atoms with Crippen molar-refractivity contribution in [3.63, 3.8) is 0 Å². The summed E-state index contributed by atoms with van der Waals surface area (Å²) < 4.78 is 0. The van der Waals surface area contributed by atoms with Crippen LogP contribution in [-0.4, -0.2) is 5.91 Å². The van der Waals surface area contributed by atoms with Crippen LogP contribution in [0.4, 0.5) is 11.4 Å². The highest BCUT2D eigenvalue weighted by Gasteiger charge is 2.08. The largest absolute Gasteiger partial charge is 0.397 e. The highest BCUT2D eigenvalue weighted by atomic mass is 35.5. The number of hydrogen-bond donors (Lipinski definition) is 2. The van der Waals surface area contributed by atoms with Crippen LogP contribution in [0.25, 0.3) is 0 Å². The van der Waals surface area contributed by atoms with Crippen LogP contribution in [0.1, 0.15) is 22.8 Å². The molecule has 98 valence electrons. The number of nitrogens with two attached hydrogens (primary N) is 1. The molecule has 0 bridgehead atoms. The van der Waals surface area contributed by atoms with Gasteiger partial charge in [-0.25, -0.2) is 0 Å². The third kappa shape index (κ3) is 3.26. The minimum Gasteiger partial charge on any atom is -0.397 e. The molecule has 0 unspecified atom stereocenters. The molecule has 19 heavy (non-hydrogen) atoms. The van der Waals surface area contributed by atoms with Crippen LogP contribution in [-0.2, 0) is 6.42 Å². The molecule has 0 fully saturated rings. The fourth-order valence-corrected chi connectivity index (χ4v) is 1.91. The Balaban J connectivity index is 2.15. The first-order valence-electron chi connectivity index (χ1n) is 6.05. The zero-order valence-electron chi connectivity index (χ0n) is 10.6. The van der Waals surface area contributed by atoms with Crippen molar-refractivity contribution in [1.29, 1.82) is 0 Å². The highest BCUT2D eigenvalue weighted by molar-refractivity contribution is 6.31. The van der Waals surface area contributed by atoms with Gasteiger partial charge in [0.05, 0.1) is 11.4 Å². The molecule has 0 saturated heterocycles. The van der Waals surface area contributed by atoms with Gasteiger partial charge >= 0.3 is 0 Å². The van der Waals surface area contributed by atoms with E-state index in [1.807, 2.05) is 12.1 Å². The zero-order chi connectivity index (χ0) is 13.8. The average molecular weight is 275 g/mol. The van der Waals surface area contributed by atoms with Gasteiger partial charge in [-0.05, 0) is 42.3 Å². The van der Waals surface area contributed by atoms with Crippen molar-refractivity contribution in [2.75, 3.05) is 11.1 Å². The quantitative estimate of drug-likeness (QED) is 0.838. The van der Waals surface area contributed by atoms with Crippen molar-refractivity contribution in [3.8, 4) is 0 Å². The van der Waals surface area contributed by atoms with Crippen molar-refractivity contribution in [1.82, 2.24) is 0 Å². The zero-order valence-corrected chi connectivity index (χ0v) is 11.4. The molecule has 0 saturated carbocycles. The van der Waals surface area contributed by atoms with Crippen molar-refractivity contribution in [2.24, 2.45) is 0 Å². The maximum absolute atomic E-state index is 12.1. The monoisotopic (exact) mass is 274 g/mol. The SMILES string of the molecule is CCc1ccc(C(=O)Nc2ccc(Cl)cc2N)cc1. The van der Waals surface area contributed by atoms with E-state index in [9.17, 15) is 4.79 Å². The molecule has 0 aliphatic heterocycles. The van der Waals surface area contributed by atoms with Gasteiger partial charge in [-0.1, -0.05) is 30.7 Å². The van der Waals surface area contributed by atoms with Gasteiger partial charge in [0.15, 0.2) is 0 Å². The molecule has 0 aliphatic rings. The predicted octanol–water partition coefficient (Wildman–Crippen LogP) is 3.74. The van der Waals surface area contributed by atoms with E-state index in [4.69, 9.17) is 17.3 Å². The van der Waals surface area contributed by atoms with E-state index in [-0.39, 0.29) is 5.91 Å². The van der Waals surface area contributed by atoms with Gasteiger partial charge in [0.1, 0.15) is 0 Å². The van der Waals surface area contributed by atoms with Crippen LogP contribution >= 0.6 is 11.6 Å². The molecular weight excluding hydrogens is 260 g/mol. The Hall–Kier alpha value is -2.00.